The Morgan fingerprint density at radius 1 is 1.63 bits per heavy atom. The van der Waals surface area contributed by atoms with Crippen LogP contribution in [-0.2, 0) is 0 Å². The number of hydrogen-bond donors (Lipinski definition) is 3. The summed E-state index contributed by atoms with van der Waals surface area (Å²) in [4.78, 5) is 0. The molecule has 4 N–H and O–H groups in total. The zero-order valence-corrected chi connectivity index (χ0v) is 13.5. The number of hydrogen-bond acceptors (Lipinski definition) is 5. The van der Waals surface area contributed by atoms with Crippen LogP contribution in [0.4, 0.5) is 5.69 Å². The molecule has 0 spiro atoms. The van der Waals surface area contributed by atoms with Crippen molar-refractivity contribution in [2.24, 2.45) is 10.8 Å². The number of ether oxygens (including phenoxy) is 1. The van der Waals surface area contributed by atoms with E-state index >= 15 is 0 Å². The van der Waals surface area contributed by atoms with E-state index in [4.69, 9.17) is 32.7 Å². The van der Waals surface area contributed by atoms with E-state index in [1.54, 1.807) is 12.1 Å². The van der Waals surface area contributed by atoms with Crippen LogP contribution in [0.1, 0.15) is 0 Å². The highest BCUT2D eigenvalue weighted by Gasteiger charge is 2.15. The van der Waals surface area contributed by atoms with Crippen molar-refractivity contribution in [1.29, 1.82) is 10.7 Å². The van der Waals surface area contributed by atoms with Crippen molar-refractivity contribution >= 4 is 60.7 Å². The number of methoxy groups -OCH3 is 1. The third-order valence-electron chi connectivity index (χ3n) is 1.99. The topological polar surface area (TPSA) is 107 Å². The Morgan fingerprint density at radius 2 is 2.26 bits per heavy atom. The highest BCUT2D eigenvalue weighted by Crippen LogP contribution is 2.42. The molecule has 0 amide bonds. The SMILES string of the molecule is COc1cc(Br)c(Cl)c(Br)c1N/N=C(\C#N)C(=N)N. The van der Waals surface area contributed by atoms with Crippen molar-refractivity contribution in [3.05, 3.63) is 20.0 Å². The molecule has 19 heavy (non-hydrogen) atoms. The molecule has 1 aromatic rings. The van der Waals surface area contributed by atoms with Crippen LogP contribution in [0.2, 0.25) is 5.02 Å². The molecule has 0 aliphatic rings. The normalized spacial score (nSPS) is 10.8. The van der Waals surface area contributed by atoms with Crippen LogP contribution in [0, 0.1) is 16.7 Å². The third-order valence-corrected chi connectivity index (χ3v) is 4.25. The molecule has 1 aromatic carbocycles. The van der Waals surface area contributed by atoms with Gasteiger partial charge in [-0.05, 0) is 37.9 Å². The van der Waals surface area contributed by atoms with Crippen molar-refractivity contribution in [2.45, 2.75) is 0 Å². The van der Waals surface area contributed by atoms with E-state index < -0.39 is 5.84 Å². The van der Waals surface area contributed by atoms with Crippen molar-refractivity contribution in [3.63, 3.8) is 0 Å². The number of halogens is 3. The summed E-state index contributed by atoms with van der Waals surface area (Å²) in [6.45, 7) is 0. The average Bonchev–Trinajstić information content (AvgIpc) is 2.38. The average molecular weight is 409 g/mol. The predicted molar refractivity (Wildman–Crippen MR) is 82.0 cm³/mol. The van der Waals surface area contributed by atoms with Crippen LogP contribution in [-0.4, -0.2) is 18.7 Å². The Labute approximate surface area is 131 Å². The van der Waals surface area contributed by atoms with Crippen LogP contribution in [0.25, 0.3) is 0 Å². The molecule has 9 heteroatoms. The van der Waals surface area contributed by atoms with Gasteiger partial charge in [0.2, 0.25) is 5.71 Å². The number of nitrogens with one attached hydrogen (secondary N) is 2. The molecule has 0 saturated heterocycles. The fraction of sp³-hybridized carbons (Fsp3) is 0.100. The highest BCUT2D eigenvalue weighted by molar-refractivity contribution is 9.11. The van der Waals surface area contributed by atoms with Gasteiger partial charge < -0.3 is 10.5 Å². The smallest absolute Gasteiger partial charge is 0.201 e. The van der Waals surface area contributed by atoms with Gasteiger partial charge in [0.05, 0.1) is 16.6 Å². The van der Waals surface area contributed by atoms with Gasteiger partial charge in [-0.2, -0.15) is 10.4 Å². The van der Waals surface area contributed by atoms with E-state index in [-0.39, 0.29) is 5.71 Å². The lowest BCUT2D eigenvalue weighted by molar-refractivity contribution is 0.416. The number of benzene rings is 1. The summed E-state index contributed by atoms with van der Waals surface area (Å²) in [6, 6.07) is 3.34. The maximum absolute atomic E-state index is 8.75. The minimum absolute atomic E-state index is 0.243. The molecule has 0 bridgehead atoms. The maximum Gasteiger partial charge on any atom is 0.201 e. The molecule has 1 rings (SSSR count). The Bertz CT molecular complexity index is 597. The van der Waals surface area contributed by atoms with E-state index in [0.29, 0.717) is 25.4 Å². The second kappa shape index (κ2) is 6.75. The number of nitrogens with zero attached hydrogens (tertiary/aromatic N) is 2. The second-order valence-corrected chi connectivity index (χ2v) is 5.19. The van der Waals surface area contributed by atoms with Crippen molar-refractivity contribution in [2.75, 3.05) is 12.5 Å². The minimum atomic E-state index is -0.437. The summed E-state index contributed by atoms with van der Waals surface area (Å²) in [5.41, 5.74) is 7.97. The monoisotopic (exact) mass is 407 g/mol. The van der Waals surface area contributed by atoms with Gasteiger partial charge in [0, 0.05) is 4.47 Å². The van der Waals surface area contributed by atoms with Gasteiger partial charge in [-0.15, -0.1) is 0 Å². The lowest BCUT2D eigenvalue weighted by Crippen LogP contribution is -2.22. The number of anilines is 1. The molecule has 0 aromatic heterocycles. The lowest BCUT2D eigenvalue weighted by Gasteiger charge is -2.12. The van der Waals surface area contributed by atoms with E-state index in [1.807, 2.05) is 0 Å². The Morgan fingerprint density at radius 3 is 2.74 bits per heavy atom. The van der Waals surface area contributed by atoms with Crippen molar-refractivity contribution in [1.82, 2.24) is 0 Å². The number of hydrazone groups is 1. The summed E-state index contributed by atoms with van der Waals surface area (Å²) in [5, 5.41) is 20.0. The first kappa shape index (κ1) is 15.8. The number of amidine groups is 1. The molecule has 0 fully saturated rings. The molecule has 0 atom stereocenters. The Balaban J connectivity index is 3.25. The fourth-order valence-corrected chi connectivity index (χ4v) is 2.41. The number of nitriles is 1. The first-order valence-corrected chi connectivity index (χ1v) is 6.68. The second-order valence-electron chi connectivity index (χ2n) is 3.16. The summed E-state index contributed by atoms with van der Waals surface area (Å²) >= 11 is 12.6. The Kier molecular flexibility index (Phi) is 5.60. The zero-order valence-electron chi connectivity index (χ0n) is 9.59. The fourth-order valence-electron chi connectivity index (χ4n) is 1.10. The minimum Gasteiger partial charge on any atom is -0.494 e. The van der Waals surface area contributed by atoms with Gasteiger partial charge in [0.25, 0.3) is 0 Å². The van der Waals surface area contributed by atoms with E-state index in [2.05, 4.69) is 42.4 Å². The van der Waals surface area contributed by atoms with Crippen LogP contribution < -0.4 is 15.9 Å². The molecule has 0 aliphatic carbocycles. The van der Waals surface area contributed by atoms with Crippen LogP contribution in [0.5, 0.6) is 5.75 Å². The van der Waals surface area contributed by atoms with Gasteiger partial charge in [-0.25, -0.2) is 0 Å². The molecule has 0 saturated carbocycles. The highest BCUT2D eigenvalue weighted by atomic mass is 79.9. The van der Waals surface area contributed by atoms with E-state index in [0.717, 1.165) is 0 Å². The molecule has 0 radical (unpaired) electrons. The molecular weight excluding hydrogens is 401 g/mol. The van der Waals surface area contributed by atoms with E-state index in [9.17, 15) is 0 Å². The van der Waals surface area contributed by atoms with E-state index in [1.165, 1.54) is 7.11 Å². The summed E-state index contributed by atoms with van der Waals surface area (Å²) in [6.07, 6.45) is 0. The Hall–Kier alpha value is -1.30. The van der Waals surface area contributed by atoms with Crippen LogP contribution >= 0.6 is 43.5 Å². The summed E-state index contributed by atoms with van der Waals surface area (Å²) in [7, 11) is 1.48. The summed E-state index contributed by atoms with van der Waals surface area (Å²) in [5.74, 6) is 0.0149. The van der Waals surface area contributed by atoms with Gasteiger partial charge in [0.15, 0.2) is 5.84 Å². The third kappa shape index (κ3) is 3.59. The van der Waals surface area contributed by atoms with Crippen molar-refractivity contribution < 1.29 is 4.74 Å². The molecule has 0 aliphatic heterocycles. The zero-order chi connectivity index (χ0) is 14.6. The molecular formula is C10H8Br2ClN5O. The summed E-state index contributed by atoms with van der Waals surface area (Å²) < 4.78 is 6.31. The van der Waals surface area contributed by atoms with Gasteiger partial charge in [-0.1, -0.05) is 11.6 Å². The molecule has 0 heterocycles. The molecule has 6 nitrogen and oxygen atoms in total. The van der Waals surface area contributed by atoms with Crippen molar-refractivity contribution in [3.8, 4) is 11.8 Å². The lowest BCUT2D eigenvalue weighted by atomic mass is 10.3. The van der Waals surface area contributed by atoms with Gasteiger partial charge in [-0.3, -0.25) is 10.8 Å². The van der Waals surface area contributed by atoms with Crippen LogP contribution in [0.15, 0.2) is 20.1 Å². The quantitative estimate of drug-likeness (QED) is 0.307. The van der Waals surface area contributed by atoms with Gasteiger partial charge >= 0.3 is 0 Å². The largest absolute Gasteiger partial charge is 0.494 e. The van der Waals surface area contributed by atoms with Gasteiger partial charge in [0.1, 0.15) is 17.5 Å². The van der Waals surface area contributed by atoms with Crippen LogP contribution in [0.3, 0.4) is 0 Å². The number of nitrogens with two attached hydrogens (primary N) is 1. The molecule has 100 valence electrons. The first-order valence-electron chi connectivity index (χ1n) is 4.72. The molecule has 0 unspecified atom stereocenters. The maximum atomic E-state index is 8.75. The number of rotatable bonds is 4. The first-order chi connectivity index (χ1) is 8.92. The predicted octanol–water partition coefficient (Wildman–Crippen LogP) is 3.10. The standard InChI is InChI=1S/C10H8Br2ClN5O/c1-19-6-2-4(11)8(13)7(12)9(6)18-17-5(3-14)10(15)16/h2,18H,1H3,(H3,15,16)/b17-5+.